The Labute approximate surface area is 159 Å². The topological polar surface area (TPSA) is 66.5 Å². The average molecular weight is 393 g/mol. The van der Waals surface area contributed by atoms with Crippen LogP contribution in [0.15, 0.2) is 39.9 Å². The highest BCUT2D eigenvalue weighted by Crippen LogP contribution is 2.33. The molecule has 1 amide bonds. The summed E-state index contributed by atoms with van der Waals surface area (Å²) in [5.74, 6) is -0.175. The van der Waals surface area contributed by atoms with Gasteiger partial charge in [0.2, 0.25) is 5.91 Å². The molecule has 0 radical (unpaired) electrons. The SMILES string of the molecule is Cc1ccc(C2CCCN2C(=O)C(C)NS(=O)(=O)c2cccs2)cc1C. The van der Waals surface area contributed by atoms with Crippen LogP contribution in [0.2, 0.25) is 0 Å². The quantitative estimate of drug-likeness (QED) is 0.848. The number of rotatable bonds is 5. The number of likely N-dealkylation sites (tertiary alicyclic amines) is 1. The lowest BCUT2D eigenvalue weighted by molar-refractivity contribution is -0.133. The van der Waals surface area contributed by atoms with Gasteiger partial charge in [-0.1, -0.05) is 24.3 Å². The summed E-state index contributed by atoms with van der Waals surface area (Å²) in [7, 11) is -3.66. The first-order valence-corrected chi connectivity index (χ1v) is 11.1. The summed E-state index contributed by atoms with van der Waals surface area (Å²) in [6, 6.07) is 8.71. The first-order chi connectivity index (χ1) is 12.3. The molecule has 26 heavy (non-hydrogen) atoms. The van der Waals surface area contributed by atoms with Crippen LogP contribution in [0.1, 0.15) is 42.5 Å². The van der Waals surface area contributed by atoms with Crippen LogP contribution in [0.5, 0.6) is 0 Å². The van der Waals surface area contributed by atoms with E-state index in [9.17, 15) is 13.2 Å². The summed E-state index contributed by atoms with van der Waals surface area (Å²) >= 11 is 1.14. The van der Waals surface area contributed by atoms with Gasteiger partial charge in [0.05, 0.1) is 12.1 Å². The molecule has 5 nitrogen and oxygen atoms in total. The van der Waals surface area contributed by atoms with Crippen molar-refractivity contribution in [1.29, 1.82) is 0 Å². The van der Waals surface area contributed by atoms with Gasteiger partial charge in [0, 0.05) is 6.54 Å². The molecule has 2 atom stereocenters. The number of thiophene rings is 1. The predicted molar refractivity (Wildman–Crippen MR) is 104 cm³/mol. The van der Waals surface area contributed by atoms with Gasteiger partial charge >= 0.3 is 0 Å². The number of hydrogen-bond donors (Lipinski definition) is 1. The minimum atomic E-state index is -3.66. The van der Waals surface area contributed by atoms with E-state index in [1.54, 1.807) is 18.4 Å². The van der Waals surface area contributed by atoms with E-state index < -0.39 is 16.1 Å². The molecule has 0 aliphatic carbocycles. The number of aryl methyl sites for hydroxylation is 2. The Morgan fingerprint density at radius 3 is 2.69 bits per heavy atom. The molecule has 0 spiro atoms. The van der Waals surface area contributed by atoms with Crippen molar-refractivity contribution in [3.8, 4) is 0 Å². The van der Waals surface area contributed by atoms with Crippen LogP contribution in [0.25, 0.3) is 0 Å². The zero-order valence-corrected chi connectivity index (χ0v) is 16.9. The molecule has 2 unspecified atom stereocenters. The van der Waals surface area contributed by atoms with Gasteiger partial charge in [0.15, 0.2) is 0 Å². The number of sulfonamides is 1. The lowest BCUT2D eigenvalue weighted by atomic mass is 9.99. The van der Waals surface area contributed by atoms with Gasteiger partial charge in [-0.05, 0) is 61.7 Å². The second-order valence-electron chi connectivity index (χ2n) is 6.81. The Hall–Kier alpha value is -1.70. The summed E-state index contributed by atoms with van der Waals surface area (Å²) in [5, 5.41) is 1.71. The van der Waals surface area contributed by atoms with Gasteiger partial charge in [-0.15, -0.1) is 11.3 Å². The third-order valence-electron chi connectivity index (χ3n) is 4.91. The number of nitrogens with one attached hydrogen (secondary N) is 1. The maximum Gasteiger partial charge on any atom is 0.250 e. The van der Waals surface area contributed by atoms with Crippen molar-refractivity contribution in [2.75, 3.05) is 6.54 Å². The van der Waals surface area contributed by atoms with E-state index in [4.69, 9.17) is 0 Å². The minimum Gasteiger partial charge on any atom is -0.334 e. The number of carbonyl (C=O) groups is 1. The van der Waals surface area contributed by atoms with Crippen molar-refractivity contribution in [2.24, 2.45) is 0 Å². The number of amides is 1. The molecular formula is C19H24N2O3S2. The zero-order valence-electron chi connectivity index (χ0n) is 15.2. The Bertz CT molecular complexity index is 892. The van der Waals surface area contributed by atoms with Crippen molar-refractivity contribution < 1.29 is 13.2 Å². The largest absolute Gasteiger partial charge is 0.334 e. The summed E-state index contributed by atoms with van der Waals surface area (Å²) in [5.41, 5.74) is 3.54. The van der Waals surface area contributed by atoms with E-state index in [0.29, 0.717) is 6.54 Å². The van der Waals surface area contributed by atoms with Crippen molar-refractivity contribution >= 4 is 27.3 Å². The normalized spacial score (nSPS) is 18.9. The van der Waals surface area contributed by atoms with Gasteiger partial charge in [0.25, 0.3) is 10.0 Å². The molecule has 7 heteroatoms. The fraction of sp³-hybridized carbons (Fsp3) is 0.421. The molecule has 1 aliphatic rings. The van der Waals surface area contributed by atoms with Gasteiger partial charge < -0.3 is 4.90 Å². The van der Waals surface area contributed by atoms with Gasteiger partial charge in [-0.2, -0.15) is 4.72 Å². The highest BCUT2D eigenvalue weighted by molar-refractivity contribution is 7.91. The highest BCUT2D eigenvalue weighted by Gasteiger charge is 2.34. The van der Waals surface area contributed by atoms with Gasteiger partial charge in [-0.25, -0.2) is 8.42 Å². The van der Waals surface area contributed by atoms with Crippen LogP contribution in [0.4, 0.5) is 0 Å². The van der Waals surface area contributed by atoms with Crippen molar-refractivity contribution in [3.05, 3.63) is 52.4 Å². The molecule has 1 saturated heterocycles. The van der Waals surface area contributed by atoms with Gasteiger partial charge in [-0.3, -0.25) is 4.79 Å². The zero-order chi connectivity index (χ0) is 18.9. The molecule has 0 bridgehead atoms. The third kappa shape index (κ3) is 3.84. The van der Waals surface area contributed by atoms with Gasteiger partial charge in [0.1, 0.15) is 4.21 Å². The van der Waals surface area contributed by atoms with Crippen LogP contribution in [0.3, 0.4) is 0 Å². The molecule has 1 aromatic heterocycles. The van der Waals surface area contributed by atoms with E-state index in [2.05, 4.69) is 36.8 Å². The fourth-order valence-corrected chi connectivity index (χ4v) is 5.56. The predicted octanol–water partition coefficient (Wildman–Crippen LogP) is 3.40. The first-order valence-electron chi connectivity index (χ1n) is 8.73. The molecule has 1 aliphatic heterocycles. The standard InChI is InChI=1S/C19H24N2O3S2/c1-13-8-9-16(12-14(13)2)17-6-4-10-21(17)19(22)15(3)20-26(23,24)18-7-5-11-25-18/h5,7-9,11-12,15,17,20H,4,6,10H2,1-3H3. The molecule has 2 heterocycles. The van der Waals surface area contributed by atoms with E-state index in [1.807, 2.05) is 4.90 Å². The van der Waals surface area contributed by atoms with Crippen LogP contribution in [0, 0.1) is 13.8 Å². The monoisotopic (exact) mass is 392 g/mol. The molecule has 0 saturated carbocycles. The van der Waals surface area contributed by atoms with E-state index in [-0.39, 0.29) is 16.2 Å². The fourth-order valence-electron chi connectivity index (χ4n) is 3.36. The molecule has 140 valence electrons. The smallest absolute Gasteiger partial charge is 0.250 e. The number of benzene rings is 1. The number of hydrogen-bond acceptors (Lipinski definition) is 4. The van der Waals surface area contributed by atoms with E-state index in [0.717, 1.165) is 29.7 Å². The van der Waals surface area contributed by atoms with Crippen LogP contribution in [-0.4, -0.2) is 31.8 Å². The lowest BCUT2D eigenvalue weighted by Gasteiger charge is -2.28. The maximum atomic E-state index is 12.9. The van der Waals surface area contributed by atoms with E-state index in [1.165, 1.54) is 17.2 Å². The number of nitrogens with zero attached hydrogens (tertiary/aromatic N) is 1. The summed E-state index contributed by atoms with van der Waals surface area (Å²) in [4.78, 5) is 14.7. The highest BCUT2D eigenvalue weighted by atomic mass is 32.2. The lowest BCUT2D eigenvalue weighted by Crippen LogP contribution is -2.46. The first kappa shape index (κ1) is 19.1. The second-order valence-corrected chi connectivity index (χ2v) is 9.70. The Morgan fingerprint density at radius 2 is 2.04 bits per heavy atom. The number of carbonyl (C=O) groups excluding carboxylic acids is 1. The minimum absolute atomic E-state index is 0.00971. The summed E-state index contributed by atoms with van der Waals surface area (Å²) in [6.45, 7) is 6.40. The van der Waals surface area contributed by atoms with Crippen LogP contribution >= 0.6 is 11.3 Å². The molecular weight excluding hydrogens is 368 g/mol. The van der Waals surface area contributed by atoms with Crippen molar-refractivity contribution in [1.82, 2.24) is 9.62 Å². The van der Waals surface area contributed by atoms with Crippen LogP contribution < -0.4 is 4.72 Å². The second kappa shape index (κ2) is 7.50. The summed E-state index contributed by atoms with van der Waals surface area (Å²) < 4.78 is 27.5. The molecule has 1 fully saturated rings. The molecule has 3 rings (SSSR count). The molecule has 1 N–H and O–H groups in total. The van der Waals surface area contributed by atoms with Crippen molar-refractivity contribution in [3.63, 3.8) is 0 Å². The third-order valence-corrected chi connectivity index (χ3v) is 7.85. The van der Waals surface area contributed by atoms with Crippen molar-refractivity contribution in [2.45, 2.75) is 49.9 Å². The molecule has 2 aromatic rings. The summed E-state index contributed by atoms with van der Waals surface area (Å²) in [6.07, 6.45) is 1.83. The Kier molecular flexibility index (Phi) is 5.50. The van der Waals surface area contributed by atoms with E-state index >= 15 is 0 Å². The van der Waals surface area contributed by atoms with Crippen LogP contribution in [-0.2, 0) is 14.8 Å². The Balaban J connectivity index is 1.76. The average Bonchev–Trinajstić information content (AvgIpc) is 3.28. The maximum absolute atomic E-state index is 12.9. The molecule has 1 aromatic carbocycles. The Morgan fingerprint density at radius 1 is 1.27 bits per heavy atom.